The maximum atomic E-state index is 12.9. The first kappa shape index (κ1) is 36.1. The number of hydrogen-bond acceptors (Lipinski definition) is 4. The number of unbranched alkanes of at least 4 members (excludes halogenated alkanes) is 3. The number of allylic oxidation sites excluding steroid dienone is 1. The van der Waals surface area contributed by atoms with Crippen molar-refractivity contribution in [2.24, 2.45) is 29.6 Å². The summed E-state index contributed by atoms with van der Waals surface area (Å²) in [5.41, 5.74) is -0.864. The van der Waals surface area contributed by atoms with E-state index in [2.05, 4.69) is 57.0 Å². The van der Waals surface area contributed by atoms with Gasteiger partial charge in [-0.2, -0.15) is 0 Å². The molecule has 0 saturated carbocycles. The molecule has 6 heteroatoms. The number of ether oxygens (including phenoxy) is 1. The van der Waals surface area contributed by atoms with Gasteiger partial charge in [-0.3, -0.25) is 4.79 Å². The van der Waals surface area contributed by atoms with Crippen LogP contribution in [0.2, 0.25) is 13.3 Å². The molecule has 0 aromatic carbocycles. The van der Waals surface area contributed by atoms with Gasteiger partial charge in [0.05, 0.1) is 0 Å². The van der Waals surface area contributed by atoms with Crippen LogP contribution >= 0.6 is 0 Å². The molecule has 0 aromatic heterocycles. The van der Waals surface area contributed by atoms with E-state index in [1.165, 1.54) is 51.8 Å². The zero-order valence-electron chi connectivity index (χ0n) is 27.4. The second-order valence-electron chi connectivity index (χ2n) is 13.8. The van der Waals surface area contributed by atoms with Crippen molar-refractivity contribution in [3.8, 4) is 0 Å². The van der Waals surface area contributed by atoms with E-state index in [-0.39, 0.29) is 41.6 Å². The average Bonchev–Trinajstić information content (AvgIpc) is 2.94. The second-order valence-corrected chi connectivity index (χ2v) is 26.8. The molecule has 40 heavy (non-hydrogen) atoms. The Labute approximate surface area is 251 Å². The summed E-state index contributed by atoms with van der Waals surface area (Å²) in [6.45, 7) is 17.3. The van der Waals surface area contributed by atoms with E-state index in [0.717, 1.165) is 25.7 Å². The van der Waals surface area contributed by atoms with Gasteiger partial charge in [-0.25, -0.2) is 0 Å². The van der Waals surface area contributed by atoms with Crippen molar-refractivity contribution in [3.05, 3.63) is 10.2 Å². The molecule has 0 aliphatic carbocycles. The molecule has 2 aliphatic rings. The van der Waals surface area contributed by atoms with Crippen LogP contribution in [0.1, 0.15) is 126 Å². The van der Waals surface area contributed by atoms with Gasteiger partial charge in [-0.1, -0.05) is 6.92 Å². The molecule has 5 nitrogen and oxygen atoms in total. The Morgan fingerprint density at radius 3 is 2.15 bits per heavy atom. The van der Waals surface area contributed by atoms with Crippen molar-refractivity contribution < 1.29 is 19.7 Å². The molecule has 234 valence electrons. The van der Waals surface area contributed by atoms with Crippen LogP contribution in [0, 0.1) is 29.6 Å². The van der Waals surface area contributed by atoms with Gasteiger partial charge < -0.3 is 0 Å². The van der Waals surface area contributed by atoms with Crippen molar-refractivity contribution in [3.63, 3.8) is 0 Å². The minimum absolute atomic E-state index is 0.000632. The number of rotatable bonds is 17. The van der Waals surface area contributed by atoms with Crippen LogP contribution in [0.5, 0.6) is 0 Å². The Morgan fingerprint density at radius 2 is 1.62 bits per heavy atom. The van der Waals surface area contributed by atoms with Crippen LogP contribution in [0.15, 0.2) is 10.2 Å². The van der Waals surface area contributed by atoms with Gasteiger partial charge in [0.1, 0.15) is 0 Å². The van der Waals surface area contributed by atoms with Gasteiger partial charge in [-0.05, 0) is 6.42 Å². The summed E-state index contributed by atoms with van der Waals surface area (Å²) in [6.07, 6.45) is 13.2. The van der Waals surface area contributed by atoms with Gasteiger partial charge in [-0.15, -0.1) is 0 Å². The molecular weight excluding hydrogens is 605 g/mol. The number of carbonyl (C=O) groups is 1. The molecule has 2 heterocycles. The summed E-state index contributed by atoms with van der Waals surface area (Å²) >= 11 is -2.26. The Hall–Kier alpha value is -0.111. The number of aliphatic hydroxyl groups is 2. The molecule has 1 amide bonds. The predicted octanol–water partition coefficient (Wildman–Crippen LogP) is 8.01. The standard InChI is InChI=1S/C22H38NO4.3C4H9.Sn/c1-7-9-10-13(3)18(24)12-19-15(5)20(25)16(6)22(27-19)14(4)11-17(8-2)21(26)23-22;3*1-3-4-2;/h1,7,13-20,24-25H,8-12H2,2-6H3,(H,23,26);3*1,3-4H2,2H3;/t13-,14-,15+,16-,17-,18-,19-,20-,22+;;;;/m0..../s1. The Balaban J connectivity index is 2.04. The molecule has 2 saturated heterocycles. The molecule has 3 N–H and O–H groups in total. The third-order valence-electron chi connectivity index (χ3n) is 10.7. The van der Waals surface area contributed by atoms with E-state index in [1.54, 1.807) is 0 Å². The molecule has 9 atom stereocenters. The first-order chi connectivity index (χ1) is 19.0. The number of amides is 1. The number of piperidine rings is 1. The number of carbonyl (C=O) groups excluding carboxylic acids is 1. The summed E-state index contributed by atoms with van der Waals surface area (Å²) in [5, 5.41) is 25.7. The predicted molar refractivity (Wildman–Crippen MR) is 171 cm³/mol. The van der Waals surface area contributed by atoms with Crippen molar-refractivity contribution in [2.45, 2.75) is 163 Å². The second kappa shape index (κ2) is 17.3. The van der Waals surface area contributed by atoms with E-state index in [1.807, 2.05) is 13.8 Å². The summed E-state index contributed by atoms with van der Waals surface area (Å²) in [4.78, 5) is 12.9. The third kappa shape index (κ3) is 9.19. The Kier molecular flexibility index (Phi) is 15.6. The average molecular weight is 671 g/mol. The zero-order valence-corrected chi connectivity index (χ0v) is 30.2. The molecule has 2 aliphatic heterocycles. The summed E-state index contributed by atoms with van der Waals surface area (Å²) < 4.78 is 14.0. The topological polar surface area (TPSA) is 78.8 Å². The fraction of sp³-hybridized carbons (Fsp3) is 0.912. The summed E-state index contributed by atoms with van der Waals surface area (Å²) in [5.74, 6) is -0.00154. The summed E-state index contributed by atoms with van der Waals surface area (Å²) in [6, 6.07) is 0. The van der Waals surface area contributed by atoms with Gasteiger partial charge in [0, 0.05) is 5.92 Å². The van der Waals surface area contributed by atoms with Gasteiger partial charge >= 0.3 is 228 Å². The monoisotopic (exact) mass is 671 g/mol. The van der Waals surface area contributed by atoms with E-state index in [4.69, 9.17) is 4.74 Å². The molecule has 2 rings (SSSR count). The molecule has 0 unspecified atom stereocenters. The van der Waals surface area contributed by atoms with Gasteiger partial charge in [0.25, 0.3) is 0 Å². The molecular formula is C34H65NO4Sn. The Morgan fingerprint density at radius 1 is 1.05 bits per heavy atom. The minimum atomic E-state index is -2.26. The van der Waals surface area contributed by atoms with Crippen molar-refractivity contribution >= 4 is 24.3 Å². The van der Waals surface area contributed by atoms with Crippen LogP contribution in [0.3, 0.4) is 0 Å². The van der Waals surface area contributed by atoms with E-state index in [0.29, 0.717) is 6.42 Å². The normalized spacial score (nSPS) is 32.9. The maximum absolute atomic E-state index is 12.9. The number of hydrogen-bond donors (Lipinski definition) is 3. The SMILES string of the molecule is CCC[CH2][Sn](/[CH]=C/CC[C@H](C)[C@@H](O)C[C@@H]1O[C@@]2(NC(=O)[C@@H](CC)C[C@@H]2C)[C@@H](C)[C@@H](O)[C@@H]1C)([CH2]CCC)[CH2]CCC. The van der Waals surface area contributed by atoms with E-state index in [9.17, 15) is 15.0 Å². The fourth-order valence-electron chi connectivity index (χ4n) is 7.41. The van der Waals surface area contributed by atoms with E-state index >= 15 is 0 Å². The first-order valence-corrected chi connectivity index (χ1v) is 24.7. The van der Waals surface area contributed by atoms with Crippen LogP contribution < -0.4 is 5.32 Å². The zero-order chi connectivity index (χ0) is 29.9. The third-order valence-corrected chi connectivity index (χ3v) is 24.9. The molecule has 1 spiro atoms. The van der Waals surface area contributed by atoms with Gasteiger partial charge in [0.2, 0.25) is 0 Å². The van der Waals surface area contributed by atoms with Crippen molar-refractivity contribution in [2.75, 3.05) is 0 Å². The molecule has 0 bridgehead atoms. The molecule has 0 aromatic rings. The quantitative estimate of drug-likeness (QED) is 0.137. The molecule has 2 fully saturated rings. The van der Waals surface area contributed by atoms with Crippen LogP contribution in [0.25, 0.3) is 0 Å². The number of aliphatic hydroxyl groups excluding tert-OH is 2. The Bertz CT molecular complexity index is 753. The fourth-order valence-corrected chi connectivity index (χ4v) is 21.9. The number of nitrogens with one attached hydrogen (secondary N) is 1. The van der Waals surface area contributed by atoms with Crippen LogP contribution in [-0.4, -0.2) is 58.5 Å². The van der Waals surface area contributed by atoms with Crippen molar-refractivity contribution in [1.29, 1.82) is 0 Å². The van der Waals surface area contributed by atoms with Gasteiger partial charge in [0.15, 0.2) is 0 Å². The van der Waals surface area contributed by atoms with Crippen molar-refractivity contribution in [1.82, 2.24) is 5.32 Å². The van der Waals surface area contributed by atoms with Crippen LogP contribution in [0.4, 0.5) is 0 Å². The first-order valence-electron chi connectivity index (χ1n) is 17.0. The van der Waals surface area contributed by atoms with E-state index < -0.39 is 36.3 Å². The van der Waals surface area contributed by atoms with Crippen LogP contribution in [-0.2, 0) is 9.53 Å². The summed E-state index contributed by atoms with van der Waals surface area (Å²) in [7, 11) is 0. The molecule has 0 radical (unpaired) electrons.